The lowest BCUT2D eigenvalue weighted by Gasteiger charge is -2.05. The standard InChI is InChI=1S/C18H19N3O5/c1-20-11-14(16(23)21(2)18(20)25)8-9-15(22)19-10-12-4-6-13(7-5-12)17(24)26-3/h4-9,11H,10H2,1-3H3,(H,19,22)/b9-8+. The van der Waals surface area contributed by atoms with Gasteiger partial charge in [-0.05, 0) is 23.8 Å². The van der Waals surface area contributed by atoms with E-state index in [-0.39, 0.29) is 12.1 Å². The zero-order valence-corrected chi connectivity index (χ0v) is 14.7. The van der Waals surface area contributed by atoms with Gasteiger partial charge in [0.15, 0.2) is 0 Å². The lowest BCUT2D eigenvalue weighted by Crippen LogP contribution is -2.37. The fourth-order valence-corrected chi connectivity index (χ4v) is 2.24. The fourth-order valence-electron chi connectivity index (χ4n) is 2.24. The molecule has 8 nitrogen and oxygen atoms in total. The average molecular weight is 357 g/mol. The van der Waals surface area contributed by atoms with Crippen molar-refractivity contribution in [1.82, 2.24) is 14.5 Å². The molecular weight excluding hydrogens is 338 g/mol. The van der Waals surface area contributed by atoms with E-state index in [1.165, 1.54) is 44.1 Å². The molecule has 1 aromatic heterocycles. The zero-order valence-electron chi connectivity index (χ0n) is 14.7. The van der Waals surface area contributed by atoms with E-state index in [2.05, 4.69) is 10.1 Å². The second-order valence-corrected chi connectivity index (χ2v) is 5.58. The van der Waals surface area contributed by atoms with Crippen molar-refractivity contribution in [1.29, 1.82) is 0 Å². The van der Waals surface area contributed by atoms with Gasteiger partial charge in [0.05, 0.1) is 18.2 Å². The van der Waals surface area contributed by atoms with Crippen LogP contribution in [0.15, 0.2) is 46.1 Å². The summed E-state index contributed by atoms with van der Waals surface area (Å²) < 4.78 is 6.85. The van der Waals surface area contributed by atoms with Crippen molar-refractivity contribution in [3.63, 3.8) is 0 Å². The van der Waals surface area contributed by atoms with Gasteiger partial charge in [-0.2, -0.15) is 0 Å². The maximum atomic E-state index is 12.0. The van der Waals surface area contributed by atoms with Crippen LogP contribution < -0.4 is 16.6 Å². The van der Waals surface area contributed by atoms with Gasteiger partial charge in [-0.15, -0.1) is 0 Å². The maximum absolute atomic E-state index is 12.0. The van der Waals surface area contributed by atoms with Crippen LogP contribution in [-0.4, -0.2) is 28.1 Å². The molecule has 0 atom stereocenters. The summed E-state index contributed by atoms with van der Waals surface area (Å²) in [7, 11) is 4.21. The van der Waals surface area contributed by atoms with Crippen LogP contribution in [0.2, 0.25) is 0 Å². The number of ether oxygens (including phenoxy) is 1. The van der Waals surface area contributed by atoms with Gasteiger partial charge in [-0.1, -0.05) is 12.1 Å². The predicted molar refractivity (Wildman–Crippen MR) is 95.6 cm³/mol. The second-order valence-electron chi connectivity index (χ2n) is 5.58. The van der Waals surface area contributed by atoms with Crippen molar-refractivity contribution in [3.05, 3.63) is 74.1 Å². The number of aromatic nitrogens is 2. The summed E-state index contributed by atoms with van der Waals surface area (Å²) in [6.07, 6.45) is 3.96. The highest BCUT2D eigenvalue weighted by atomic mass is 16.5. The number of nitrogens with one attached hydrogen (secondary N) is 1. The van der Waals surface area contributed by atoms with E-state index in [0.29, 0.717) is 5.56 Å². The summed E-state index contributed by atoms with van der Waals surface area (Å²) in [5.41, 5.74) is 0.542. The lowest BCUT2D eigenvalue weighted by atomic mass is 10.1. The number of methoxy groups -OCH3 is 1. The first-order valence-corrected chi connectivity index (χ1v) is 7.73. The number of rotatable bonds is 5. The van der Waals surface area contributed by atoms with E-state index in [1.807, 2.05) is 0 Å². The number of carbonyl (C=O) groups excluding carboxylic acids is 2. The van der Waals surface area contributed by atoms with Gasteiger partial charge in [0.25, 0.3) is 5.56 Å². The Hall–Kier alpha value is -3.42. The zero-order chi connectivity index (χ0) is 19.3. The molecule has 0 saturated heterocycles. The smallest absolute Gasteiger partial charge is 0.337 e. The van der Waals surface area contributed by atoms with Crippen molar-refractivity contribution >= 4 is 18.0 Å². The van der Waals surface area contributed by atoms with Crippen molar-refractivity contribution in [2.75, 3.05) is 7.11 Å². The van der Waals surface area contributed by atoms with Crippen molar-refractivity contribution in [2.24, 2.45) is 14.1 Å². The van der Waals surface area contributed by atoms with Crippen LogP contribution in [0.5, 0.6) is 0 Å². The van der Waals surface area contributed by atoms with Gasteiger partial charge in [0.2, 0.25) is 5.91 Å². The quantitative estimate of drug-likeness (QED) is 0.609. The highest BCUT2D eigenvalue weighted by molar-refractivity contribution is 5.91. The molecule has 1 N–H and O–H groups in total. The number of hydrogen-bond donors (Lipinski definition) is 1. The molecule has 0 bridgehead atoms. The Morgan fingerprint density at radius 3 is 2.42 bits per heavy atom. The SMILES string of the molecule is COC(=O)c1ccc(CNC(=O)/C=C/c2cn(C)c(=O)n(C)c2=O)cc1. The molecule has 0 radical (unpaired) electrons. The average Bonchev–Trinajstić information content (AvgIpc) is 2.66. The first-order chi connectivity index (χ1) is 12.3. The molecule has 0 unspecified atom stereocenters. The Morgan fingerprint density at radius 1 is 1.15 bits per heavy atom. The molecule has 1 heterocycles. The van der Waals surface area contributed by atoms with E-state index in [9.17, 15) is 19.2 Å². The van der Waals surface area contributed by atoms with Gasteiger partial charge in [-0.3, -0.25) is 14.2 Å². The highest BCUT2D eigenvalue weighted by Gasteiger charge is 2.06. The van der Waals surface area contributed by atoms with E-state index >= 15 is 0 Å². The minimum Gasteiger partial charge on any atom is -0.465 e. The van der Waals surface area contributed by atoms with E-state index in [4.69, 9.17) is 0 Å². The van der Waals surface area contributed by atoms with E-state index < -0.39 is 23.1 Å². The van der Waals surface area contributed by atoms with Crippen LogP contribution in [0, 0.1) is 0 Å². The third-order valence-electron chi connectivity index (χ3n) is 3.73. The maximum Gasteiger partial charge on any atom is 0.337 e. The Morgan fingerprint density at radius 2 is 1.81 bits per heavy atom. The summed E-state index contributed by atoms with van der Waals surface area (Å²) in [6, 6.07) is 6.63. The first-order valence-electron chi connectivity index (χ1n) is 7.73. The number of hydrogen-bond acceptors (Lipinski definition) is 5. The Kier molecular flexibility index (Phi) is 5.90. The Bertz CT molecular complexity index is 968. The van der Waals surface area contributed by atoms with Crippen molar-refractivity contribution in [3.8, 4) is 0 Å². The molecule has 0 spiro atoms. The van der Waals surface area contributed by atoms with Gasteiger partial charge in [0, 0.05) is 32.9 Å². The molecule has 0 fully saturated rings. The van der Waals surface area contributed by atoms with Gasteiger partial charge in [0.1, 0.15) is 0 Å². The summed E-state index contributed by atoms with van der Waals surface area (Å²) in [4.78, 5) is 46.9. The number of benzene rings is 1. The van der Waals surface area contributed by atoms with Gasteiger partial charge >= 0.3 is 11.7 Å². The van der Waals surface area contributed by atoms with Crippen LogP contribution in [0.4, 0.5) is 0 Å². The molecule has 0 aliphatic rings. The van der Waals surface area contributed by atoms with E-state index in [0.717, 1.165) is 10.1 Å². The number of carbonyl (C=O) groups is 2. The second kappa shape index (κ2) is 8.11. The van der Waals surface area contributed by atoms with Crippen molar-refractivity contribution < 1.29 is 14.3 Å². The normalized spacial score (nSPS) is 10.7. The predicted octanol–water partition coefficient (Wildman–Crippen LogP) is 0.200. The van der Waals surface area contributed by atoms with Crippen LogP contribution >= 0.6 is 0 Å². The van der Waals surface area contributed by atoms with Crippen LogP contribution in [0.25, 0.3) is 6.08 Å². The van der Waals surface area contributed by atoms with Gasteiger partial charge in [-0.25, -0.2) is 9.59 Å². The molecule has 1 amide bonds. The Balaban J connectivity index is 2.01. The minimum atomic E-state index is -0.476. The third-order valence-corrected chi connectivity index (χ3v) is 3.73. The first kappa shape index (κ1) is 18.9. The topological polar surface area (TPSA) is 99.4 Å². The molecule has 0 saturated carbocycles. The summed E-state index contributed by atoms with van der Waals surface area (Å²) >= 11 is 0. The number of nitrogens with zero attached hydrogens (tertiary/aromatic N) is 2. The monoisotopic (exact) mass is 357 g/mol. The number of aryl methyl sites for hydroxylation is 1. The largest absolute Gasteiger partial charge is 0.465 e. The molecule has 0 aliphatic heterocycles. The fraction of sp³-hybridized carbons (Fsp3) is 0.222. The van der Waals surface area contributed by atoms with Crippen LogP contribution in [0.3, 0.4) is 0 Å². The van der Waals surface area contributed by atoms with Gasteiger partial charge < -0.3 is 14.6 Å². The minimum absolute atomic E-state index is 0.229. The van der Waals surface area contributed by atoms with Crippen LogP contribution in [-0.2, 0) is 30.2 Å². The third kappa shape index (κ3) is 4.35. The molecule has 136 valence electrons. The highest BCUT2D eigenvalue weighted by Crippen LogP contribution is 2.05. The molecular formula is C18H19N3O5. The van der Waals surface area contributed by atoms with E-state index in [1.54, 1.807) is 24.3 Å². The molecule has 0 aliphatic carbocycles. The van der Waals surface area contributed by atoms with Crippen molar-refractivity contribution in [2.45, 2.75) is 6.54 Å². The summed E-state index contributed by atoms with van der Waals surface area (Å²) in [6.45, 7) is 0.260. The molecule has 26 heavy (non-hydrogen) atoms. The Labute approximate surface area is 149 Å². The molecule has 2 aromatic rings. The lowest BCUT2D eigenvalue weighted by molar-refractivity contribution is -0.116. The molecule has 1 aromatic carbocycles. The number of amides is 1. The number of esters is 1. The molecule has 2 rings (SSSR count). The van der Waals surface area contributed by atoms with Crippen LogP contribution in [0.1, 0.15) is 21.5 Å². The molecule has 8 heteroatoms. The summed E-state index contributed by atoms with van der Waals surface area (Å²) in [5, 5.41) is 2.67. The summed E-state index contributed by atoms with van der Waals surface area (Å²) in [5.74, 6) is -0.819.